The average Bonchev–Trinajstić information content (AvgIpc) is 1.99. The number of para-hydroxylation sites is 1. The smallest absolute Gasteiger partial charge is 0.480 e. The number of rotatable bonds is 2. The van der Waals surface area contributed by atoms with Crippen LogP contribution in [-0.4, -0.2) is 56.1 Å². The molecule has 0 aromatic heterocycles. The maximum atomic E-state index is 8.50. The Labute approximate surface area is 97.2 Å². The van der Waals surface area contributed by atoms with Crippen LogP contribution in [0.15, 0.2) is 30.3 Å². The van der Waals surface area contributed by atoms with Crippen LogP contribution in [-0.2, 0) is 0 Å². The Kier molecular flexibility index (Phi) is 5.63. The molecule has 0 heterocycles. The molecule has 0 fully saturated rings. The van der Waals surface area contributed by atoms with Crippen molar-refractivity contribution in [3.05, 3.63) is 30.3 Å². The molecule has 1 rings (SSSR count). The zero-order valence-corrected chi connectivity index (χ0v) is 11.1. The van der Waals surface area contributed by atoms with Crippen LogP contribution in [0.25, 0.3) is 0 Å². The SMILES string of the molecule is C[N+](C)(C)C.O[Si](O)(O)Oc1ccccc1. The summed E-state index contributed by atoms with van der Waals surface area (Å²) in [4.78, 5) is 25.5. The van der Waals surface area contributed by atoms with Gasteiger partial charge in [0.1, 0.15) is 5.75 Å². The van der Waals surface area contributed by atoms with Crippen molar-refractivity contribution < 1.29 is 23.3 Å². The maximum absolute atomic E-state index is 8.50. The van der Waals surface area contributed by atoms with Crippen molar-refractivity contribution >= 4 is 9.05 Å². The molecule has 0 saturated heterocycles. The van der Waals surface area contributed by atoms with Gasteiger partial charge in [-0.1, -0.05) is 18.2 Å². The Bertz CT molecular complexity index is 286. The zero-order valence-electron chi connectivity index (χ0n) is 10.1. The van der Waals surface area contributed by atoms with Crippen LogP contribution in [0, 0.1) is 0 Å². The number of benzene rings is 1. The molecule has 3 N–H and O–H groups in total. The molecule has 5 nitrogen and oxygen atoms in total. The zero-order chi connectivity index (χ0) is 12.8. The van der Waals surface area contributed by atoms with E-state index in [0.29, 0.717) is 0 Å². The number of hydrogen-bond donors (Lipinski definition) is 3. The fraction of sp³-hybridized carbons (Fsp3) is 0.400. The Morgan fingerprint density at radius 1 is 0.938 bits per heavy atom. The van der Waals surface area contributed by atoms with Gasteiger partial charge in [-0.15, -0.1) is 0 Å². The quantitative estimate of drug-likeness (QED) is 0.499. The molecule has 0 spiro atoms. The highest BCUT2D eigenvalue weighted by Crippen LogP contribution is 2.10. The third-order valence-electron chi connectivity index (χ3n) is 0.998. The van der Waals surface area contributed by atoms with Crippen molar-refractivity contribution in [2.45, 2.75) is 0 Å². The molecule has 0 bridgehead atoms. The molecule has 6 heteroatoms. The van der Waals surface area contributed by atoms with Gasteiger partial charge < -0.3 is 23.3 Å². The summed E-state index contributed by atoms with van der Waals surface area (Å²) in [5.41, 5.74) is 0. The van der Waals surface area contributed by atoms with E-state index in [-0.39, 0.29) is 5.75 Å². The van der Waals surface area contributed by atoms with E-state index in [0.717, 1.165) is 4.48 Å². The fourth-order valence-electron chi connectivity index (χ4n) is 0.647. The highest BCUT2D eigenvalue weighted by molar-refractivity contribution is 6.49. The highest BCUT2D eigenvalue weighted by atomic mass is 28.4. The fourth-order valence-corrected chi connectivity index (χ4v) is 1.10. The molecular formula is C10H20NO4Si+. The third-order valence-corrected chi connectivity index (χ3v) is 1.51. The monoisotopic (exact) mass is 246 g/mol. The first-order valence-corrected chi connectivity index (χ1v) is 6.53. The van der Waals surface area contributed by atoms with Crippen LogP contribution >= 0.6 is 0 Å². The second-order valence-electron chi connectivity index (χ2n) is 4.67. The normalized spacial score (nSPS) is 11.4. The van der Waals surface area contributed by atoms with Crippen LogP contribution < -0.4 is 4.43 Å². The number of quaternary nitrogens is 1. The molecule has 0 amide bonds. The van der Waals surface area contributed by atoms with Crippen LogP contribution in [0.1, 0.15) is 0 Å². The summed E-state index contributed by atoms with van der Waals surface area (Å²) in [7, 11) is 4.10. The largest absolute Gasteiger partial charge is 0.741 e. The van der Waals surface area contributed by atoms with E-state index >= 15 is 0 Å². The molecule has 0 radical (unpaired) electrons. The Morgan fingerprint density at radius 2 is 1.31 bits per heavy atom. The molecule has 0 aliphatic carbocycles. The van der Waals surface area contributed by atoms with Crippen LogP contribution in [0.5, 0.6) is 5.75 Å². The van der Waals surface area contributed by atoms with E-state index in [1.54, 1.807) is 18.2 Å². The molecule has 1 aromatic rings. The van der Waals surface area contributed by atoms with Gasteiger partial charge in [-0.2, -0.15) is 0 Å². The molecule has 0 aliphatic heterocycles. The van der Waals surface area contributed by atoms with Crippen molar-refractivity contribution in [1.82, 2.24) is 0 Å². The predicted octanol–water partition coefficient (Wildman–Crippen LogP) is -0.200. The van der Waals surface area contributed by atoms with E-state index in [4.69, 9.17) is 14.4 Å². The van der Waals surface area contributed by atoms with Crippen LogP contribution in [0.3, 0.4) is 0 Å². The summed E-state index contributed by atoms with van der Waals surface area (Å²) in [6.45, 7) is 0. The highest BCUT2D eigenvalue weighted by Gasteiger charge is 2.33. The first-order valence-electron chi connectivity index (χ1n) is 4.78. The van der Waals surface area contributed by atoms with Gasteiger partial charge in [-0.05, 0) is 12.1 Å². The van der Waals surface area contributed by atoms with Crippen LogP contribution in [0.2, 0.25) is 0 Å². The molecule has 0 unspecified atom stereocenters. The maximum Gasteiger partial charge on any atom is 0.741 e. The van der Waals surface area contributed by atoms with E-state index in [1.807, 2.05) is 0 Å². The lowest BCUT2D eigenvalue weighted by Crippen LogP contribution is -2.42. The second-order valence-corrected chi connectivity index (χ2v) is 6.02. The van der Waals surface area contributed by atoms with Gasteiger partial charge in [-0.3, -0.25) is 0 Å². The predicted molar refractivity (Wildman–Crippen MR) is 63.4 cm³/mol. The molecule has 1 aromatic carbocycles. The van der Waals surface area contributed by atoms with Gasteiger partial charge in [0.2, 0.25) is 0 Å². The topological polar surface area (TPSA) is 69.9 Å². The molecule has 0 aliphatic rings. The Hall–Kier alpha value is -0.923. The van der Waals surface area contributed by atoms with E-state index < -0.39 is 9.05 Å². The minimum atomic E-state index is -4.40. The summed E-state index contributed by atoms with van der Waals surface area (Å²) < 4.78 is 5.41. The van der Waals surface area contributed by atoms with Crippen molar-refractivity contribution in [3.8, 4) is 5.75 Å². The molecule has 0 saturated carbocycles. The van der Waals surface area contributed by atoms with Crippen LogP contribution in [0.4, 0.5) is 0 Å². The first-order chi connectivity index (χ1) is 7.08. The summed E-state index contributed by atoms with van der Waals surface area (Å²) in [6.07, 6.45) is 0. The van der Waals surface area contributed by atoms with Gasteiger partial charge >= 0.3 is 9.05 Å². The van der Waals surface area contributed by atoms with Crippen molar-refractivity contribution in [2.24, 2.45) is 0 Å². The molecule has 92 valence electrons. The van der Waals surface area contributed by atoms with E-state index in [9.17, 15) is 0 Å². The van der Waals surface area contributed by atoms with Gasteiger partial charge in [0.05, 0.1) is 28.2 Å². The van der Waals surface area contributed by atoms with E-state index in [1.165, 1.54) is 12.1 Å². The molecule has 16 heavy (non-hydrogen) atoms. The Morgan fingerprint density at radius 3 is 1.62 bits per heavy atom. The first kappa shape index (κ1) is 15.1. The Balaban J connectivity index is 0.000000385. The van der Waals surface area contributed by atoms with Gasteiger partial charge in [0, 0.05) is 0 Å². The second kappa shape index (κ2) is 5.97. The summed E-state index contributed by atoms with van der Waals surface area (Å²) in [5, 5.41) is 0. The van der Waals surface area contributed by atoms with Crippen molar-refractivity contribution in [3.63, 3.8) is 0 Å². The summed E-state index contributed by atoms with van der Waals surface area (Å²) in [6, 6.07) is 8.11. The number of hydrogen-bond acceptors (Lipinski definition) is 4. The van der Waals surface area contributed by atoms with Gasteiger partial charge in [0.15, 0.2) is 0 Å². The third kappa shape index (κ3) is 13.1. The summed E-state index contributed by atoms with van der Waals surface area (Å²) in [5.74, 6) is 0.242. The van der Waals surface area contributed by atoms with Gasteiger partial charge in [-0.25, -0.2) is 0 Å². The van der Waals surface area contributed by atoms with E-state index in [2.05, 4.69) is 32.6 Å². The van der Waals surface area contributed by atoms with Gasteiger partial charge in [0.25, 0.3) is 0 Å². The minimum absolute atomic E-state index is 0.242. The standard InChI is InChI=1S/C6H8O4Si.C4H12N/c7-11(8,9)10-6-4-2-1-3-5-6;1-5(2,3)4/h1-5,7-9H;1-4H3/q;+1. The van der Waals surface area contributed by atoms with Crippen molar-refractivity contribution in [2.75, 3.05) is 28.2 Å². The van der Waals surface area contributed by atoms with Crippen molar-refractivity contribution in [1.29, 1.82) is 0 Å². The minimum Gasteiger partial charge on any atom is -0.480 e. The lowest BCUT2D eigenvalue weighted by Gasteiger charge is -2.14. The average molecular weight is 246 g/mol. The summed E-state index contributed by atoms with van der Waals surface area (Å²) >= 11 is 0. The molecule has 0 atom stereocenters. The molecular weight excluding hydrogens is 226 g/mol. The number of nitrogens with zero attached hydrogens (tertiary/aromatic N) is 1. The lowest BCUT2D eigenvalue weighted by atomic mass is 10.3. The lowest BCUT2D eigenvalue weighted by molar-refractivity contribution is -0.849.